The Kier molecular flexibility index (Phi) is 5.82. The highest BCUT2D eigenvalue weighted by molar-refractivity contribution is 7.14. The zero-order valence-corrected chi connectivity index (χ0v) is 14.1. The molecule has 1 amide bonds. The van der Waals surface area contributed by atoms with Crippen molar-refractivity contribution in [1.29, 1.82) is 0 Å². The fraction of sp³-hybridized carbons (Fsp3) is 0.706. The van der Waals surface area contributed by atoms with E-state index in [4.69, 9.17) is 5.11 Å². The molecule has 0 aliphatic heterocycles. The average Bonchev–Trinajstić information content (AvgIpc) is 2.89. The van der Waals surface area contributed by atoms with E-state index in [0.29, 0.717) is 12.3 Å². The molecule has 2 rings (SSSR count). The van der Waals surface area contributed by atoms with Gasteiger partial charge < -0.3 is 10.4 Å². The number of nitrogens with one attached hydrogen (secondary N) is 1. The molecule has 4 heteroatoms. The van der Waals surface area contributed by atoms with Crippen LogP contribution < -0.4 is 5.32 Å². The predicted octanol–water partition coefficient (Wildman–Crippen LogP) is 3.40. The molecule has 1 aliphatic rings. The van der Waals surface area contributed by atoms with Crippen LogP contribution in [0.1, 0.15) is 60.1 Å². The first-order valence-electron chi connectivity index (χ1n) is 8.08. The highest BCUT2D eigenvalue weighted by Gasteiger charge is 2.23. The summed E-state index contributed by atoms with van der Waals surface area (Å²) in [5, 5.41) is 12.2. The number of aryl methyl sites for hydroxylation is 1. The van der Waals surface area contributed by atoms with Crippen LogP contribution in [-0.2, 0) is 12.8 Å². The van der Waals surface area contributed by atoms with Crippen LogP contribution in [-0.4, -0.2) is 23.7 Å². The van der Waals surface area contributed by atoms with Gasteiger partial charge in [0.1, 0.15) is 0 Å². The Morgan fingerprint density at radius 3 is 2.90 bits per heavy atom. The average molecular weight is 309 g/mol. The molecular formula is C17H27NO2S. The van der Waals surface area contributed by atoms with Gasteiger partial charge in [-0.1, -0.05) is 27.2 Å². The molecule has 3 nitrogen and oxygen atoms in total. The van der Waals surface area contributed by atoms with E-state index in [-0.39, 0.29) is 18.6 Å². The molecule has 2 atom stereocenters. The molecule has 2 N–H and O–H groups in total. The number of hydrogen-bond acceptors (Lipinski definition) is 3. The number of aliphatic hydroxyl groups excluding tert-OH is 1. The Bertz CT molecular complexity index is 481. The zero-order chi connectivity index (χ0) is 15.4. The molecule has 0 fully saturated rings. The molecule has 0 saturated carbocycles. The number of amides is 1. The van der Waals surface area contributed by atoms with E-state index in [9.17, 15) is 4.79 Å². The van der Waals surface area contributed by atoms with Crippen molar-refractivity contribution in [2.45, 2.75) is 58.9 Å². The standard InChI is InChI=1S/C17H27NO2S/c1-4-12-5-6-15-13(9-12)10-16(21-15)17(20)18-14(7-8-19)11(2)3/h10-12,14,19H,4-9H2,1-3H3,(H,18,20). The van der Waals surface area contributed by atoms with Crippen molar-refractivity contribution >= 4 is 17.2 Å². The van der Waals surface area contributed by atoms with Gasteiger partial charge in [-0.2, -0.15) is 0 Å². The lowest BCUT2D eigenvalue weighted by Gasteiger charge is -2.21. The minimum atomic E-state index is 0.0228. The molecule has 118 valence electrons. The Morgan fingerprint density at radius 1 is 1.52 bits per heavy atom. The lowest BCUT2D eigenvalue weighted by molar-refractivity contribution is 0.0920. The maximum absolute atomic E-state index is 12.4. The highest BCUT2D eigenvalue weighted by Crippen LogP contribution is 2.33. The first kappa shape index (κ1) is 16.5. The third kappa shape index (κ3) is 4.07. The van der Waals surface area contributed by atoms with Gasteiger partial charge in [-0.3, -0.25) is 4.79 Å². The maximum Gasteiger partial charge on any atom is 0.261 e. The summed E-state index contributed by atoms with van der Waals surface area (Å²) in [5.41, 5.74) is 1.38. The topological polar surface area (TPSA) is 49.3 Å². The quantitative estimate of drug-likeness (QED) is 0.846. The first-order chi connectivity index (χ1) is 10.0. The minimum Gasteiger partial charge on any atom is -0.396 e. The van der Waals surface area contributed by atoms with E-state index in [1.54, 1.807) is 11.3 Å². The zero-order valence-electron chi connectivity index (χ0n) is 13.3. The Morgan fingerprint density at radius 2 is 2.29 bits per heavy atom. The van der Waals surface area contributed by atoms with Crippen molar-refractivity contribution in [1.82, 2.24) is 5.32 Å². The van der Waals surface area contributed by atoms with Gasteiger partial charge in [-0.25, -0.2) is 0 Å². The van der Waals surface area contributed by atoms with Crippen molar-refractivity contribution in [3.63, 3.8) is 0 Å². The largest absolute Gasteiger partial charge is 0.396 e. The molecule has 21 heavy (non-hydrogen) atoms. The van der Waals surface area contributed by atoms with E-state index < -0.39 is 0 Å². The van der Waals surface area contributed by atoms with Gasteiger partial charge >= 0.3 is 0 Å². The summed E-state index contributed by atoms with van der Waals surface area (Å²) in [5.74, 6) is 1.13. The fourth-order valence-electron chi connectivity index (χ4n) is 3.01. The summed E-state index contributed by atoms with van der Waals surface area (Å²) in [6.07, 6.45) is 5.34. The van der Waals surface area contributed by atoms with Crippen LogP contribution in [0.25, 0.3) is 0 Å². The molecule has 0 aromatic carbocycles. The second-order valence-corrected chi connectivity index (χ2v) is 7.55. The first-order valence-corrected chi connectivity index (χ1v) is 8.90. The summed E-state index contributed by atoms with van der Waals surface area (Å²) >= 11 is 1.65. The molecule has 1 aliphatic carbocycles. The Hall–Kier alpha value is -0.870. The van der Waals surface area contributed by atoms with Crippen LogP contribution in [0.5, 0.6) is 0 Å². The second-order valence-electron chi connectivity index (χ2n) is 6.41. The smallest absolute Gasteiger partial charge is 0.261 e. The number of thiophene rings is 1. The lowest BCUT2D eigenvalue weighted by atomic mass is 9.87. The third-order valence-corrected chi connectivity index (χ3v) is 5.78. The summed E-state index contributed by atoms with van der Waals surface area (Å²) in [7, 11) is 0. The third-order valence-electron chi connectivity index (χ3n) is 4.55. The van der Waals surface area contributed by atoms with Gasteiger partial charge in [0, 0.05) is 17.5 Å². The van der Waals surface area contributed by atoms with Crippen LogP contribution in [0.4, 0.5) is 0 Å². The van der Waals surface area contributed by atoms with E-state index >= 15 is 0 Å². The van der Waals surface area contributed by atoms with Crippen LogP contribution in [0.3, 0.4) is 0 Å². The van der Waals surface area contributed by atoms with Gasteiger partial charge in [0.15, 0.2) is 0 Å². The monoisotopic (exact) mass is 309 g/mol. The van der Waals surface area contributed by atoms with Crippen LogP contribution in [0, 0.1) is 11.8 Å². The van der Waals surface area contributed by atoms with Crippen LogP contribution in [0.15, 0.2) is 6.07 Å². The summed E-state index contributed by atoms with van der Waals surface area (Å²) in [6, 6.07) is 2.14. The van der Waals surface area contributed by atoms with E-state index in [1.165, 1.54) is 23.3 Å². The van der Waals surface area contributed by atoms with Crippen LogP contribution in [0.2, 0.25) is 0 Å². The molecule has 1 heterocycles. The predicted molar refractivity (Wildman–Crippen MR) is 87.9 cm³/mol. The van der Waals surface area contributed by atoms with E-state index in [1.807, 2.05) is 0 Å². The molecule has 1 aromatic heterocycles. The fourth-order valence-corrected chi connectivity index (χ4v) is 4.12. The van der Waals surface area contributed by atoms with Gasteiger partial charge in [0.05, 0.1) is 4.88 Å². The van der Waals surface area contributed by atoms with Gasteiger partial charge in [-0.15, -0.1) is 11.3 Å². The van der Waals surface area contributed by atoms with Crippen LogP contribution >= 0.6 is 11.3 Å². The lowest BCUT2D eigenvalue weighted by Crippen LogP contribution is -2.38. The van der Waals surface area contributed by atoms with Crippen molar-refractivity contribution in [3.8, 4) is 0 Å². The SMILES string of the molecule is CCC1CCc2sc(C(=O)NC(CCO)C(C)C)cc2C1. The number of aliphatic hydroxyl groups is 1. The molecule has 0 bridgehead atoms. The number of rotatable bonds is 6. The second kappa shape index (κ2) is 7.41. The molecule has 0 radical (unpaired) electrons. The van der Waals surface area contributed by atoms with Gasteiger partial charge in [-0.05, 0) is 49.1 Å². The Labute approximate surface area is 131 Å². The normalized spacial score (nSPS) is 19.4. The van der Waals surface area contributed by atoms with E-state index in [2.05, 4.69) is 32.2 Å². The minimum absolute atomic E-state index is 0.0228. The van der Waals surface area contributed by atoms with Crippen molar-refractivity contribution in [2.75, 3.05) is 6.61 Å². The Balaban J connectivity index is 2.05. The molecule has 0 saturated heterocycles. The van der Waals surface area contributed by atoms with Crippen molar-refractivity contribution in [2.24, 2.45) is 11.8 Å². The summed E-state index contributed by atoms with van der Waals surface area (Å²) in [4.78, 5) is 14.7. The van der Waals surface area contributed by atoms with Crippen molar-refractivity contribution in [3.05, 3.63) is 21.4 Å². The number of carbonyl (C=O) groups excluding carboxylic acids is 1. The summed E-state index contributed by atoms with van der Waals surface area (Å²) in [6.45, 7) is 6.51. The number of carbonyl (C=O) groups is 1. The van der Waals surface area contributed by atoms with E-state index in [0.717, 1.165) is 23.6 Å². The number of hydrogen-bond donors (Lipinski definition) is 2. The molecule has 0 spiro atoms. The summed E-state index contributed by atoms with van der Waals surface area (Å²) < 4.78 is 0. The maximum atomic E-state index is 12.4. The van der Waals surface area contributed by atoms with Crippen molar-refractivity contribution < 1.29 is 9.90 Å². The molecule has 1 aromatic rings. The highest BCUT2D eigenvalue weighted by atomic mass is 32.1. The number of fused-ring (bicyclic) bond motifs is 1. The molecule has 2 unspecified atom stereocenters. The molecular weight excluding hydrogens is 282 g/mol. The van der Waals surface area contributed by atoms with Gasteiger partial charge in [0.25, 0.3) is 5.91 Å². The van der Waals surface area contributed by atoms with Gasteiger partial charge in [0.2, 0.25) is 0 Å².